The van der Waals surface area contributed by atoms with Gasteiger partial charge in [0.15, 0.2) is 6.17 Å². The second-order valence-electron chi connectivity index (χ2n) is 8.92. The van der Waals surface area contributed by atoms with Crippen molar-refractivity contribution in [3.05, 3.63) is 65.7 Å². The van der Waals surface area contributed by atoms with Crippen LogP contribution in [0.2, 0.25) is 0 Å². The summed E-state index contributed by atoms with van der Waals surface area (Å²) in [6.07, 6.45) is 5.26. The van der Waals surface area contributed by atoms with Crippen LogP contribution < -0.4 is 20.3 Å². The van der Waals surface area contributed by atoms with Crippen molar-refractivity contribution >= 4 is 35.3 Å². The Hall–Kier alpha value is -4.34. The molecule has 1 saturated carbocycles. The number of hydrogen-bond acceptors (Lipinski definition) is 7. The van der Waals surface area contributed by atoms with Crippen LogP contribution in [0.15, 0.2) is 69.8 Å². The SMILES string of the molecule is CN1C(=O)[C@@H](NC(=O)C2=NC(Cc3ccccc3)N=N2)COc2ccc(/C=C/C(=O)NC3CC3)cc21. The van der Waals surface area contributed by atoms with Crippen LogP contribution in [0.25, 0.3) is 6.08 Å². The lowest BCUT2D eigenvalue weighted by atomic mass is 10.1. The molecule has 2 heterocycles. The summed E-state index contributed by atoms with van der Waals surface area (Å²) in [5.74, 6) is -0.631. The number of ether oxygens (including phenoxy) is 1. The van der Waals surface area contributed by atoms with Crippen LogP contribution in [-0.2, 0) is 20.8 Å². The van der Waals surface area contributed by atoms with Gasteiger partial charge in [-0.1, -0.05) is 36.4 Å². The molecule has 0 aromatic heterocycles. The Kier molecular flexibility index (Phi) is 6.57. The number of rotatable bonds is 7. The molecule has 0 spiro atoms. The first kappa shape index (κ1) is 23.4. The van der Waals surface area contributed by atoms with E-state index < -0.39 is 18.1 Å². The van der Waals surface area contributed by atoms with Crippen molar-refractivity contribution in [3.63, 3.8) is 0 Å². The van der Waals surface area contributed by atoms with E-state index in [1.165, 1.54) is 11.0 Å². The fourth-order valence-corrected chi connectivity index (χ4v) is 3.92. The van der Waals surface area contributed by atoms with E-state index in [0.29, 0.717) is 17.9 Å². The Morgan fingerprint density at radius 3 is 2.72 bits per heavy atom. The topological polar surface area (TPSA) is 125 Å². The molecule has 10 heteroatoms. The molecule has 5 rings (SSSR count). The van der Waals surface area contributed by atoms with Gasteiger partial charge in [-0.2, -0.15) is 5.11 Å². The first-order valence-corrected chi connectivity index (χ1v) is 11.8. The molecule has 3 amide bonds. The van der Waals surface area contributed by atoms with Gasteiger partial charge in [-0.05, 0) is 42.2 Å². The molecule has 2 aromatic carbocycles. The molecule has 2 atom stereocenters. The van der Waals surface area contributed by atoms with E-state index in [2.05, 4.69) is 25.9 Å². The highest BCUT2D eigenvalue weighted by molar-refractivity contribution is 6.38. The smallest absolute Gasteiger partial charge is 0.291 e. The van der Waals surface area contributed by atoms with Crippen molar-refractivity contribution in [2.24, 2.45) is 15.2 Å². The molecule has 1 unspecified atom stereocenters. The minimum Gasteiger partial charge on any atom is -0.489 e. The summed E-state index contributed by atoms with van der Waals surface area (Å²) >= 11 is 0. The lowest BCUT2D eigenvalue weighted by Crippen LogP contribution is -2.50. The Balaban J connectivity index is 1.22. The minimum atomic E-state index is -0.927. The number of hydrogen-bond donors (Lipinski definition) is 2. The summed E-state index contributed by atoms with van der Waals surface area (Å²) in [4.78, 5) is 43.6. The number of likely N-dealkylation sites (N-methyl/N-ethyl adjacent to an activating group) is 1. The van der Waals surface area contributed by atoms with Crippen LogP contribution in [0.1, 0.15) is 24.0 Å². The van der Waals surface area contributed by atoms with Gasteiger partial charge in [0.05, 0.1) is 5.69 Å². The molecular weight excluding hydrogens is 460 g/mol. The maximum Gasteiger partial charge on any atom is 0.291 e. The Bertz CT molecular complexity index is 1270. The number of aliphatic imine (C=N–C) groups is 1. The predicted octanol–water partition coefficient (Wildman–Crippen LogP) is 2.25. The number of nitrogens with zero attached hydrogens (tertiary/aromatic N) is 4. The largest absolute Gasteiger partial charge is 0.489 e. The van der Waals surface area contributed by atoms with Crippen LogP contribution in [0, 0.1) is 0 Å². The van der Waals surface area contributed by atoms with E-state index in [1.807, 2.05) is 30.3 Å². The number of carbonyl (C=O) groups excluding carboxylic acids is 3. The molecule has 2 aromatic rings. The van der Waals surface area contributed by atoms with Crippen molar-refractivity contribution in [2.75, 3.05) is 18.6 Å². The van der Waals surface area contributed by atoms with Gasteiger partial charge in [-0.3, -0.25) is 14.4 Å². The van der Waals surface area contributed by atoms with E-state index in [0.717, 1.165) is 24.0 Å². The van der Waals surface area contributed by atoms with Crippen LogP contribution in [0.3, 0.4) is 0 Å². The summed E-state index contributed by atoms with van der Waals surface area (Å²) in [6, 6.07) is 14.4. The zero-order valence-electron chi connectivity index (χ0n) is 19.8. The van der Waals surface area contributed by atoms with Crippen LogP contribution in [0.4, 0.5) is 5.69 Å². The third-order valence-electron chi connectivity index (χ3n) is 6.06. The van der Waals surface area contributed by atoms with Gasteiger partial charge in [-0.25, -0.2) is 4.99 Å². The van der Waals surface area contributed by atoms with E-state index >= 15 is 0 Å². The van der Waals surface area contributed by atoms with Crippen molar-refractivity contribution in [1.82, 2.24) is 10.6 Å². The van der Waals surface area contributed by atoms with Crippen LogP contribution >= 0.6 is 0 Å². The zero-order chi connectivity index (χ0) is 25.1. The Morgan fingerprint density at radius 1 is 1.14 bits per heavy atom. The highest BCUT2D eigenvalue weighted by Crippen LogP contribution is 2.32. The molecule has 1 aliphatic carbocycles. The number of nitrogens with one attached hydrogen (secondary N) is 2. The van der Waals surface area contributed by atoms with Crippen LogP contribution in [0.5, 0.6) is 5.75 Å². The van der Waals surface area contributed by atoms with Gasteiger partial charge in [-0.15, -0.1) is 5.11 Å². The second kappa shape index (κ2) is 10.1. The van der Waals surface area contributed by atoms with Crippen molar-refractivity contribution in [1.29, 1.82) is 0 Å². The molecule has 0 saturated heterocycles. The van der Waals surface area contributed by atoms with Crippen molar-refractivity contribution in [3.8, 4) is 5.75 Å². The number of carbonyl (C=O) groups is 3. The molecule has 2 N–H and O–H groups in total. The maximum absolute atomic E-state index is 13.1. The second-order valence-corrected chi connectivity index (χ2v) is 8.92. The average Bonchev–Trinajstić information content (AvgIpc) is 3.60. The molecule has 10 nitrogen and oxygen atoms in total. The van der Waals surface area contributed by atoms with Gasteiger partial charge >= 0.3 is 0 Å². The van der Waals surface area contributed by atoms with Gasteiger partial charge < -0.3 is 20.3 Å². The summed E-state index contributed by atoms with van der Waals surface area (Å²) in [5.41, 5.74) is 2.33. The average molecular weight is 487 g/mol. The molecule has 0 radical (unpaired) electrons. The minimum absolute atomic E-state index is 0.0429. The molecule has 0 bridgehead atoms. The fraction of sp³-hybridized carbons (Fsp3) is 0.308. The van der Waals surface area contributed by atoms with Crippen molar-refractivity contribution < 1.29 is 19.1 Å². The van der Waals surface area contributed by atoms with Gasteiger partial charge in [0.2, 0.25) is 11.7 Å². The highest BCUT2D eigenvalue weighted by Gasteiger charge is 2.32. The first-order valence-electron chi connectivity index (χ1n) is 11.8. The monoisotopic (exact) mass is 486 g/mol. The molecule has 36 heavy (non-hydrogen) atoms. The lowest BCUT2D eigenvalue weighted by molar-refractivity contribution is -0.124. The van der Waals surface area contributed by atoms with Crippen LogP contribution in [-0.4, -0.2) is 55.5 Å². The summed E-state index contributed by atoms with van der Waals surface area (Å²) in [6.45, 7) is -0.0429. The first-order chi connectivity index (χ1) is 17.5. The summed E-state index contributed by atoms with van der Waals surface area (Å²) in [7, 11) is 1.62. The number of amides is 3. The standard InChI is InChI=1S/C26H26N6O4/c1-32-20-13-17(8-12-23(33)27-18-9-10-18)7-11-21(20)36-15-19(26(32)35)28-25(34)24-29-22(30-31-24)14-16-5-3-2-4-6-16/h2-8,11-13,18-19,22H,9-10,14-15H2,1H3,(H,27,33)(H,28,34)/b12-8+/t19-,22?/m0/s1. The normalized spacial score (nSPS) is 21.0. The quantitative estimate of drug-likeness (QED) is 0.583. The van der Waals surface area contributed by atoms with Gasteiger partial charge in [0.1, 0.15) is 18.4 Å². The Labute approximate surface area is 208 Å². The summed E-state index contributed by atoms with van der Waals surface area (Å²) in [5, 5.41) is 13.5. The number of fused-ring (bicyclic) bond motifs is 1. The maximum atomic E-state index is 13.1. The van der Waals surface area contributed by atoms with Gasteiger partial charge in [0, 0.05) is 25.6 Å². The number of azo groups is 1. The third kappa shape index (κ3) is 5.48. The van der Waals surface area contributed by atoms with Gasteiger partial charge in [0.25, 0.3) is 11.8 Å². The van der Waals surface area contributed by atoms with Crippen molar-refractivity contribution in [2.45, 2.75) is 37.5 Å². The van der Waals surface area contributed by atoms with E-state index in [9.17, 15) is 14.4 Å². The van der Waals surface area contributed by atoms with E-state index in [1.54, 1.807) is 31.3 Å². The van der Waals surface area contributed by atoms with E-state index in [-0.39, 0.29) is 30.3 Å². The molecule has 2 aliphatic heterocycles. The highest BCUT2D eigenvalue weighted by atomic mass is 16.5. The molecule has 184 valence electrons. The molecule has 1 fully saturated rings. The number of benzene rings is 2. The number of amidine groups is 1. The number of anilines is 1. The Morgan fingerprint density at radius 2 is 1.94 bits per heavy atom. The zero-order valence-corrected chi connectivity index (χ0v) is 19.8. The summed E-state index contributed by atoms with van der Waals surface area (Å²) < 4.78 is 5.83. The predicted molar refractivity (Wildman–Crippen MR) is 134 cm³/mol. The van der Waals surface area contributed by atoms with E-state index in [4.69, 9.17) is 4.74 Å². The molecular formula is C26H26N6O4. The molecule has 3 aliphatic rings. The third-order valence-corrected chi connectivity index (χ3v) is 6.06. The lowest BCUT2D eigenvalue weighted by Gasteiger charge is -2.20. The fourth-order valence-electron chi connectivity index (χ4n) is 3.92.